The predicted molar refractivity (Wildman–Crippen MR) is 78.0 cm³/mol. The van der Waals surface area contributed by atoms with Gasteiger partial charge in [0.25, 0.3) is 0 Å². The Hall–Kier alpha value is -0.610. The summed E-state index contributed by atoms with van der Waals surface area (Å²) >= 11 is 0. The molecule has 2 heterocycles. The van der Waals surface area contributed by atoms with Crippen molar-refractivity contribution in [1.29, 1.82) is 0 Å². The van der Waals surface area contributed by atoms with Crippen molar-refractivity contribution in [2.45, 2.75) is 64.6 Å². The maximum atomic E-state index is 12.4. The molecule has 2 aliphatic rings. The van der Waals surface area contributed by atoms with Crippen molar-refractivity contribution in [3.63, 3.8) is 0 Å². The molecule has 110 valence electrons. The molecule has 4 nitrogen and oxygen atoms in total. The van der Waals surface area contributed by atoms with E-state index in [-0.39, 0.29) is 28.9 Å². The minimum absolute atomic E-state index is 0.0826. The highest BCUT2D eigenvalue weighted by Gasteiger charge is 2.39. The number of amides is 1. The fourth-order valence-corrected chi connectivity index (χ4v) is 3.89. The van der Waals surface area contributed by atoms with Gasteiger partial charge in [-0.3, -0.25) is 4.79 Å². The van der Waals surface area contributed by atoms with E-state index >= 15 is 0 Å². The molecule has 3 N–H and O–H groups in total. The summed E-state index contributed by atoms with van der Waals surface area (Å²) in [7, 11) is 0. The summed E-state index contributed by atoms with van der Waals surface area (Å²) < 4.78 is 0. The zero-order valence-electron chi connectivity index (χ0n) is 13.0. The summed E-state index contributed by atoms with van der Waals surface area (Å²) in [6, 6.07) is 0.284. The third kappa shape index (κ3) is 3.69. The molecule has 2 saturated heterocycles. The molecule has 0 spiro atoms. The van der Waals surface area contributed by atoms with E-state index in [9.17, 15) is 4.79 Å². The Labute approximate surface area is 117 Å². The van der Waals surface area contributed by atoms with Gasteiger partial charge >= 0.3 is 0 Å². The second kappa shape index (κ2) is 5.06. The molecule has 0 unspecified atom stereocenters. The summed E-state index contributed by atoms with van der Waals surface area (Å²) in [5.74, 6) is 0.819. The smallest absolute Gasteiger partial charge is 0.224 e. The molecular formula is C15H29N3O. The average molecular weight is 267 g/mol. The van der Waals surface area contributed by atoms with E-state index in [2.05, 4.69) is 50.6 Å². The standard InChI is InChI=1S/C15H29N3O/c1-10-8-16-9-12(10)13(19)17-11-6-14(2,3)18-15(4,5)7-11/h10-12,16,18H,6-9H2,1-5H3,(H,17,19)/t10-,12-/m1/s1. The van der Waals surface area contributed by atoms with Crippen LogP contribution < -0.4 is 16.0 Å². The Morgan fingerprint density at radius 1 is 1.11 bits per heavy atom. The Kier molecular flexibility index (Phi) is 3.94. The van der Waals surface area contributed by atoms with Crippen molar-refractivity contribution in [2.24, 2.45) is 11.8 Å². The number of hydrogen-bond donors (Lipinski definition) is 3. The second-order valence-electron chi connectivity index (χ2n) is 7.75. The summed E-state index contributed by atoms with van der Waals surface area (Å²) in [6.45, 7) is 12.8. The first kappa shape index (κ1) is 14.8. The third-order valence-electron chi connectivity index (χ3n) is 4.39. The van der Waals surface area contributed by atoms with Crippen LogP contribution in [0.1, 0.15) is 47.5 Å². The Morgan fingerprint density at radius 3 is 2.16 bits per heavy atom. The molecule has 19 heavy (non-hydrogen) atoms. The summed E-state index contributed by atoms with van der Waals surface area (Å²) in [5, 5.41) is 10.2. The molecule has 2 aliphatic heterocycles. The first-order valence-electron chi connectivity index (χ1n) is 7.49. The Morgan fingerprint density at radius 2 is 1.68 bits per heavy atom. The molecule has 0 aromatic rings. The monoisotopic (exact) mass is 267 g/mol. The molecule has 0 aromatic carbocycles. The lowest BCUT2D eigenvalue weighted by Crippen LogP contribution is -2.62. The van der Waals surface area contributed by atoms with Crippen LogP contribution >= 0.6 is 0 Å². The lowest BCUT2D eigenvalue weighted by molar-refractivity contribution is -0.126. The first-order chi connectivity index (χ1) is 8.69. The van der Waals surface area contributed by atoms with Crippen LogP contribution in [0.15, 0.2) is 0 Å². The number of carbonyl (C=O) groups excluding carboxylic acids is 1. The van der Waals surface area contributed by atoms with E-state index in [1.165, 1.54) is 0 Å². The molecule has 4 heteroatoms. The molecule has 2 fully saturated rings. The van der Waals surface area contributed by atoms with Crippen LogP contribution in [0.4, 0.5) is 0 Å². The molecule has 0 radical (unpaired) electrons. The molecule has 1 amide bonds. The number of rotatable bonds is 2. The van der Waals surface area contributed by atoms with Crippen LogP contribution in [0.25, 0.3) is 0 Å². The average Bonchev–Trinajstić information content (AvgIpc) is 2.58. The third-order valence-corrected chi connectivity index (χ3v) is 4.39. The highest BCUT2D eigenvalue weighted by atomic mass is 16.2. The van der Waals surface area contributed by atoms with Crippen LogP contribution in [0.2, 0.25) is 0 Å². The van der Waals surface area contributed by atoms with Crippen molar-refractivity contribution in [2.75, 3.05) is 13.1 Å². The minimum atomic E-state index is 0.0826. The van der Waals surface area contributed by atoms with Crippen LogP contribution in [0.5, 0.6) is 0 Å². The highest BCUT2D eigenvalue weighted by Crippen LogP contribution is 2.29. The van der Waals surface area contributed by atoms with Crippen molar-refractivity contribution >= 4 is 5.91 Å². The van der Waals surface area contributed by atoms with E-state index in [0.29, 0.717) is 5.92 Å². The van der Waals surface area contributed by atoms with Gasteiger partial charge in [0.15, 0.2) is 0 Å². The van der Waals surface area contributed by atoms with Crippen molar-refractivity contribution in [1.82, 2.24) is 16.0 Å². The van der Waals surface area contributed by atoms with Crippen LogP contribution in [-0.2, 0) is 4.79 Å². The SMILES string of the molecule is C[C@@H]1CNC[C@H]1C(=O)NC1CC(C)(C)NC(C)(C)C1. The summed E-state index contributed by atoms with van der Waals surface area (Å²) in [5.41, 5.74) is 0.165. The van der Waals surface area contributed by atoms with E-state index in [4.69, 9.17) is 0 Å². The van der Waals surface area contributed by atoms with Gasteiger partial charge in [0.2, 0.25) is 5.91 Å². The molecular weight excluding hydrogens is 238 g/mol. The summed E-state index contributed by atoms with van der Waals surface area (Å²) in [4.78, 5) is 12.4. The highest BCUT2D eigenvalue weighted by molar-refractivity contribution is 5.79. The largest absolute Gasteiger partial charge is 0.353 e. The number of piperidine rings is 1. The molecule has 0 aromatic heterocycles. The maximum absolute atomic E-state index is 12.4. The van der Waals surface area contributed by atoms with E-state index in [1.807, 2.05) is 0 Å². The van der Waals surface area contributed by atoms with Crippen molar-refractivity contribution < 1.29 is 4.79 Å². The molecule has 2 atom stereocenters. The van der Waals surface area contributed by atoms with Gasteiger partial charge in [0.05, 0.1) is 5.92 Å². The van der Waals surface area contributed by atoms with Crippen LogP contribution in [0.3, 0.4) is 0 Å². The van der Waals surface area contributed by atoms with Crippen molar-refractivity contribution in [3.8, 4) is 0 Å². The lowest BCUT2D eigenvalue weighted by Gasteiger charge is -2.46. The zero-order valence-corrected chi connectivity index (χ0v) is 13.0. The fraction of sp³-hybridized carbons (Fsp3) is 0.933. The van der Waals surface area contributed by atoms with Gasteiger partial charge in [-0.15, -0.1) is 0 Å². The fourth-order valence-electron chi connectivity index (χ4n) is 3.89. The van der Waals surface area contributed by atoms with Crippen LogP contribution in [-0.4, -0.2) is 36.1 Å². The van der Waals surface area contributed by atoms with Crippen molar-refractivity contribution in [3.05, 3.63) is 0 Å². The molecule has 0 saturated carbocycles. The lowest BCUT2D eigenvalue weighted by atomic mass is 9.79. The van der Waals surface area contributed by atoms with Gasteiger partial charge in [0, 0.05) is 23.7 Å². The van der Waals surface area contributed by atoms with Gasteiger partial charge < -0.3 is 16.0 Å². The normalized spacial score (nSPS) is 34.2. The number of nitrogens with one attached hydrogen (secondary N) is 3. The Bertz CT molecular complexity index is 335. The quantitative estimate of drug-likeness (QED) is 0.706. The van der Waals surface area contributed by atoms with E-state index in [1.54, 1.807) is 0 Å². The van der Waals surface area contributed by atoms with Gasteiger partial charge in [-0.2, -0.15) is 0 Å². The number of hydrogen-bond acceptors (Lipinski definition) is 3. The second-order valence-corrected chi connectivity index (χ2v) is 7.75. The predicted octanol–water partition coefficient (Wildman–Crippen LogP) is 1.27. The molecule has 2 rings (SSSR count). The molecule has 0 bridgehead atoms. The van der Waals surface area contributed by atoms with Gasteiger partial charge in [0.1, 0.15) is 0 Å². The zero-order chi connectivity index (χ0) is 14.3. The van der Waals surface area contributed by atoms with Gasteiger partial charge in [-0.25, -0.2) is 0 Å². The Balaban J connectivity index is 1.96. The minimum Gasteiger partial charge on any atom is -0.353 e. The summed E-state index contributed by atoms with van der Waals surface area (Å²) in [6.07, 6.45) is 1.99. The van der Waals surface area contributed by atoms with E-state index in [0.717, 1.165) is 25.9 Å². The first-order valence-corrected chi connectivity index (χ1v) is 7.49. The van der Waals surface area contributed by atoms with Crippen LogP contribution in [0, 0.1) is 11.8 Å². The maximum Gasteiger partial charge on any atom is 0.224 e. The van der Waals surface area contributed by atoms with Gasteiger partial charge in [-0.1, -0.05) is 6.92 Å². The van der Waals surface area contributed by atoms with Gasteiger partial charge in [-0.05, 0) is 53.0 Å². The number of carbonyl (C=O) groups is 1. The molecule has 0 aliphatic carbocycles. The van der Waals surface area contributed by atoms with E-state index < -0.39 is 0 Å². The topological polar surface area (TPSA) is 53.2 Å².